The quantitative estimate of drug-likeness (QED) is 0.156. The number of benzene rings is 20. The summed E-state index contributed by atoms with van der Waals surface area (Å²) < 4.78 is 0. The highest BCUT2D eigenvalue weighted by molar-refractivity contribution is 5.92. The Morgan fingerprint density at radius 1 is 0.152 bits per heavy atom. The van der Waals surface area contributed by atoms with Crippen molar-refractivity contribution in [2.75, 3.05) is 0 Å². The van der Waals surface area contributed by atoms with E-state index in [1.54, 1.807) is 11.1 Å². The fourth-order valence-electron chi connectivity index (χ4n) is 26.8. The number of rotatable bonds is 6. The van der Waals surface area contributed by atoms with Crippen LogP contribution in [0.25, 0.3) is 77.9 Å². The summed E-state index contributed by atoms with van der Waals surface area (Å²) in [6.45, 7) is 29.3. The molecular weight excluding hydrogens is 1740 g/mol. The first-order valence-corrected chi connectivity index (χ1v) is 52.4. The smallest absolute Gasteiger partial charge is 0.0622 e. The van der Waals surface area contributed by atoms with E-state index in [0.717, 1.165) is 0 Å². The normalized spacial score (nSPS) is 16.5. The largest absolute Gasteiger partial charge is 0.0713 e. The van der Waals surface area contributed by atoms with Gasteiger partial charge in [-0.15, -0.1) is 0 Å². The summed E-state index contributed by atoms with van der Waals surface area (Å²) in [7, 11) is 0. The van der Waals surface area contributed by atoms with Gasteiger partial charge in [0.25, 0.3) is 0 Å². The van der Waals surface area contributed by atoms with E-state index in [0.29, 0.717) is 5.41 Å². The van der Waals surface area contributed by atoms with Crippen LogP contribution in [0.2, 0.25) is 0 Å². The van der Waals surface area contributed by atoms with Crippen LogP contribution in [0.3, 0.4) is 0 Å². The van der Waals surface area contributed by atoms with Crippen LogP contribution in [0, 0.1) is 48.5 Å². The van der Waals surface area contributed by atoms with Crippen LogP contribution in [0.1, 0.15) is 224 Å². The second kappa shape index (κ2) is 38.3. The molecule has 20 aromatic rings. The first-order chi connectivity index (χ1) is 70.6. The van der Waals surface area contributed by atoms with Gasteiger partial charge in [0, 0.05) is 27.1 Å². The molecule has 1 saturated carbocycles. The molecule has 0 radical (unpaired) electrons. The van der Waals surface area contributed by atoms with E-state index in [-0.39, 0.29) is 32.5 Å². The summed E-state index contributed by atoms with van der Waals surface area (Å²) in [6.07, 6.45) is 6.83. The first-order valence-electron chi connectivity index (χ1n) is 52.4. The summed E-state index contributed by atoms with van der Waals surface area (Å²) >= 11 is 0. The number of hydrogen-bond donors (Lipinski definition) is 0. The SMILES string of the molecule is Cc1ccc2c(c1)-c1ccccc1C2(C)C.Cc1ccc2c(c1)-c1ccccc1C2(C)c1ccccc1.Cc1ccc2c(c1)-c1ccccc1C2(c1ccccc1)c1ccccc1.Cc1ccc2c(c1)-c1ccccc1C21CCCCC1.Cc1cccc2c1-c1ccccc1C2(C)C.Cc1cccc2c1-c1ccccc1C2(C)c1ccccc1.Cc1cccc2c1-c1ccccc1C2(c1ccccc1)c1ccccc1. The highest BCUT2D eigenvalue weighted by atomic mass is 14.5. The van der Waals surface area contributed by atoms with Crippen LogP contribution in [0.15, 0.2) is 479 Å². The molecular formula is C145H128. The zero-order valence-electron chi connectivity index (χ0n) is 86.1. The Kier molecular flexibility index (Phi) is 24.9. The van der Waals surface area contributed by atoms with Gasteiger partial charge in [0.05, 0.1) is 10.8 Å². The highest BCUT2D eigenvalue weighted by Crippen LogP contribution is 2.62. The molecule has 8 aliphatic rings. The Labute approximate surface area is 861 Å². The molecule has 0 bridgehead atoms. The lowest BCUT2D eigenvalue weighted by Crippen LogP contribution is -2.28. The van der Waals surface area contributed by atoms with Crippen LogP contribution in [-0.4, -0.2) is 0 Å². The average molecular weight is 1870 g/mol. The van der Waals surface area contributed by atoms with Crippen molar-refractivity contribution in [1.82, 2.24) is 0 Å². The standard InChI is InChI=1S/2C26H20.2C21H18.C19H20.2C16H16/c1-19-11-10-18-24-25(19)22-16-8-9-17-23(22)26(24,20-12-4-2-5-13-20)21-14-6-3-7-15-21;1-19-16-17-25-23(18-19)22-14-8-9-15-24(22)26(25,20-10-4-2-5-11-20)21-12-6-3-7-13-21;1-15-9-8-14-19-20(15)17-12-6-7-13-18(17)21(19,2)16-10-4-3-5-11-16;1-15-12-13-20-18(14-15)17-10-6-7-11-19(17)21(20,2)16-8-4-3-5-9-16;1-14-9-10-18-16(13-14)15-7-3-4-8-17(15)19(18)11-5-2-6-12-19;1-11-7-6-10-14-15(11)12-8-4-5-9-13(12)16(14,2)3;1-11-8-9-15-13(10-11)12-6-4-5-7-14(12)16(15,2)3/h2*2-18H,1H3;2*3-14H,1-2H3;3-4,7-10,13H,2,5-6,11-12H2,1H3;2*4-10H,1-3H3. The van der Waals surface area contributed by atoms with Crippen molar-refractivity contribution in [3.63, 3.8) is 0 Å². The molecule has 8 aliphatic carbocycles. The van der Waals surface area contributed by atoms with E-state index < -0.39 is 0 Å². The number of aryl methyl sites for hydroxylation is 7. The monoisotopic (exact) mass is 1870 g/mol. The van der Waals surface area contributed by atoms with Gasteiger partial charge in [0.1, 0.15) is 0 Å². The highest BCUT2D eigenvalue weighted by Gasteiger charge is 2.50. The third-order valence-electron chi connectivity index (χ3n) is 33.7. The lowest BCUT2D eigenvalue weighted by atomic mass is 9.67. The summed E-state index contributed by atoms with van der Waals surface area (Å²) in [6, 6.07) is 175. The maximum Gasteiger partial charge on any atom is 0.0713 e. The van der Waals surface area contributed by atoms with Gasteiger partial charge >= 0.3 is 0 Å². The van der Waals surface area contributed by atoms with Crippen molar-refractivity contribution in [2.45, 2.75) is 160 Å². The Bertz CT molecular complexity index is 8150. The summed E-state index contributed by atoms with van der Waals surface area (Å²) in [5, 5.41) is 0. The Morgan fingerprint density at radius 3 is 0.821 bits per heavy atom. The van der Waals surface area contributed by atoms with Crippen molar-refractivity contribution >= 4 is 0 Å². The Hall–Kier alpha value is -15.6. The van der Waals surface area contributed by atoms with Crippen molar-refractivity contribution in [3.05, 3.63) is 629 Å². The topological polar surface area (TPSA) is 0 Å². The van der Waals surface area contributed by atoms with Crippen LogP contribution in [0.5, 0.6) is 0 Å². The van der Waals surface area contributed by atoms with E-state index >= 15 is 0 Å². The predicted molar refractivity (Wildman–Crippen MR) is 612 cm³/mol. The maximum absolute atomic E-state index is 2.40. The van der Waals surface area contributed by atoms with Crippen LogP contribution >= 0.6 is 0 Å². The molecule has 2 atom stereocenters. The minimum absolute atomic E-state index is 0.0547. The zero-order chi connectivity index (χ0) is 99.6. The summed E-state index contributed by atoms with van der Waals surface area (Å²) in [5.41, 5.74) is 57.3. The first kappa shape index (κ1) is 94.3. The van der Waals surface area contributed by atoms with Crippen molar-refractivity contribution < 1.29 is 0 Å². The number of fused-ring (bicyclic) bond motifs is 23. The third-order valence-corrected chi connectivity index (χ3v) is 33.7. The molecule has 0 heterocycles. The lowest BCUT2D eigenvalue weighted by Gasteiger charge is -2.35. The molecule has 0 nitrogen and oxygen atoms in total. The maximum atomic E-state index is 2.40. The Balaban J connectivity index is 0.0000000971. The van der Waals surface area contributed by atoms with Crippen molar-refractivity contribution in [3.8, 4) is 77.9 Å². The van der Waals surface area contributed by atoms with Crippen LogP contribution in [-0.2, 0) is 37.9 Å². The number of hydrogen-bond acceptors (Lipinski definition) is 0. The fourth-order valence-corrected chi connectivity index (χ4v) is 26.8. The van der Waals surface area contributed by atoms with Crippen molar-refractivity contribution in [2.24, 2.45) is 0 Å². The van der Waals surface area contributed by atoms with E-state index in [1.165, 1.54) is 249 Å². The lowest BCUT2D eigenvalue weighted by molar-refractivity contribution is 0.353. The Morgan fingerprint density at radius 2 is 0.372 bits per heavy atom. The third kappa shape index (κ3) is 15.7. The molecule has 20 aromatic carbocycles. The van der Waals surface area contributed by atoms with Gasteiger partial charge in [0.2, 0.25) is 0 Å². The van der Waals surface area contributed by atoms with Gasteiger partial charge in [-0.1, -0.05) is 548 Å². The van der Waals surface area contributed by atoms with Crippen LogP contribution < -0.4 is 0 Å². The molecule has 0 N–H and O–H groups in total. The summed E-state index contributed by atoms with van der Waals surface area (Å²) in [4.78, 5) is 0. The molecule has 0 heteroatoms. The molecule has 0 aliphatic heterocycles. The molecule has 0 aromatic heterocycles. The fraction of sp³-hybridized carbons (Fsp3) is 0.172. The molecule has 145 heavy (non-hydrogen) atoms. The minimum atomic E-state index is -0.263. The second-order valence-electron chi connectivity index (χ2n) is 42.8. The summed E-state index contributed by atoms with van der Waals surface area (Å²) in [5.74, 6) is 0. The van der Waals surface area contributed by atoms with E-state index in [4.69, 9.17) is 0 Å². The molecule has 708 valence electrons. The van der Waals surface area contributed by atoms with E-state index in [1.807, 2.05) is 0 Å². The second-order valence-corrected chi connectivity index (χ2v) is 42.8. The van der Waals surface area contributed by atoms with E-state index in [9.17, 15) is 0 Å². The molecule has 0 saturated heterocycles. The molecule has 0 amide bonds. The van der Waals surface area contributed by atoms with Gasteiger partial charge in [0.15, 0.2) is 0 Å². The van der Waals surface area contributed by atoms with E-state index in [2.05, 4.69) is 569 Å². The van der Waals surface area contributed by atoms with Gasteiger partial charge in [-0.25, -0.2) is 0 Å². The molecule has 28 rings (SSSR count). The minimum Gasteiger partial charge on any atom is -0.0622 e. The predicted octanol–water partition coefficient (Wildman–Crippen LogP) is 37.2. The van der Waals surface area contributed by atoms with Crippen LogP contribution in [0.4, 0.5) is 0 Å². The van der Waals surface area contributed by atoms with Gasteiger partial charge < -0.3 is 0 Å². The average Bonchev–Trinajstić information content (AvgIpc) is 1.53. The zero-order valence-corrected chi connectivity index (χ0v) is 86.1. The van der Waals surface area contributed by atoms with Gasteiger partial charge in [-0.05, 0) is 281 Å². The van der Waals surface area contributed by atoms with Gasteiger partial charge in [-0.2, -0.15) is 0 Å². The molecule has 2 unspecified atom stereocenters. The van der Waals surface area contributed by atoms with Crippen molar-refractivity contribution in [1.29, 1.82) is 0 Å². The molecule has 1 spiro atoms. The molecule has 1 fully saturated rings. The van der Waals surface area contributed by atoms with Gasteiger partial charge in [-0.3, -0.25) is 0 Å².